The molecule has 1 heterocycles. The molecule has 2 aromatic carbocycles. The molecule has 2 aromatic rings. The molecule has 0 spiro atoms. The van der Waals surface area contributed by atoms with E-state index < -0.39 is 0 Å². The first kappa shape index (κ1) is 15.4. The van der Waals surface area contributed by atoms with Crippen LogP contribution in [-0.4, -0.2) is 12.7 Å². The highest BCUT2D eigenvalue weighted by Crippen LogP contribution is 2.32. The zero-order valence-electron chi connectivity index (χ0n) is 12.6. The van der Waals surface area contributed by atoms with Gasteiger partial charge in [0.1, 0.15) is 0 Å². The average Bonchev–Trinajstić information content (AvgIpc) is 3.00. The molecule has 0 aliphatic carbocycles. The summed E-state index contributed by atoms with van der Waals surface area (Å²) in [4.78, 5) is 12.0. The van der Waals surface area contributed by atoms with Crippen molar-refractivity contribution in [2.24, 2.45) is 0 Å². The van der Waals surface area contributed by atoms with E-state index >= 15 is 0 Å². The molecule has 0 saturated carbocycles. The maximum atomic E-state index is 12.0. The summed E-state index contributed by atoms with van der Waals surface area (Å²) in [7, 11) is 0. The molecule has 118 valence electrons. The summed E-state index contributed by atoms with van der Waals surface area (Å²) in [6.45, 7) is 2.15. The van der Waals surface area contributed by atoms with E-state index in [1.807, 2.05) is 43.3 Å². The summed E-state index contributed by atoms with van der Waals surface area (Å²) < 4.78 is 10.6. The number of rotatable bonds is 4. The summed E-state index contributed by atoms with van der Waals surface area (Å²) in [6, 6.07) is 12.9. The second kappa shape index (κ2) is 6.75. The van der Waals surface area contributed by atoms with Gasteiger partial charge in [-0.05, 0) is 48.4 Å². The maximum absolute atomic E-state index is 12.0. The fraction of sp³-hybridized carbons (Fsp3) is 0.167. The lowest BCUT2D eigenvalue weighted by molar-refractivity contribution is -0.117. The predicted octanol–water partition coefficient (Wildman–Crippen LogP) is 3.96. The van der Waals surface area contributed by atoms with Crippen LogP contribution in [0.1, 0.15) is 24.1 Å². The van der Waals surface area contributed by atoms with Crippen LogP contribution in [0.25, 0.3) is 6.08 Å². The molecule has 0 unspecified atom stereocenters. The monoisotopic (exact) mass is 329 g/mol. The molecule has 5 heteroatoms. The van der Waals surface area contributed by atoms with Gasteiger partial charge in [0.25, 0.3) is 0 Å². The zero-order valence-corrected chi connectivity index (χ0v) is 13.3. The van der Waals surface area contributed by atoms with E-state index in [1.54, 1.807) is 12.1 Å². The van der Waals surface area contributed by atoms with Crippen molar-refractivity contribution in [1.29, 1.82) is 0 Å². The van der Waals surface area contributed by atoms with Crippen LogP contribution >= 0.6 is 11.6 Å². The molecule has 1 amide bonds. The second-order valence-electron chi connectivity index (χ2n) is 5.23. The van der Waals surface area contributed by atoms with Gasteiger partial charge in [0.2, 0.25) is 12.7 Å². The average molecular weight is 330 g/mol. The molecule has 1 atom stereocenters. The van der Waals surface area contributed by atoms with Gasteiger partial charge < -0.3 is 14.8 Å². The van der Waals surface area contributed by atoms with Crippen LogP contribution in [0, 0.1) is 0 Å². The van der Waals surface area contributed by atoms with Crippen LogP contribution in [0.15, 0.2) is 48.5 Å². The highest BCUT2D eigenvalue weighted by Gasteiger charge is 2.12. The fourth-order valence-corrected chi connectivity index (χ4v) is 2.51. The number of halogens is 1. The lowest BCUT2D eigenvalue weighted by Crippen LogP contribution is -2.24. The van der Waals surface area contributed by atoms with Crippen LogP contribution < -0.4 is 14.8 Å². The first-order valence-corrected chi connectivity index (χ1v) is 7.63. The molecular formula is C18H16ClNO3. The van der Waals surface area contributed by atoms with Gasteiger partial charge in [0.05, 0.1) is 6.04 Å². The topological polar surface area (TPSA) is 47.6 Å². The van der Waals surface area contributed by atoms with Crippen molar-refractivity contribution in [3.63, 3.8) is 0 Å². The Labute approximate surface area is 139 Å². The SMILES string of the molecule is C[C@@H](NC(=O)/C=C/c1ccc2c(c1)OCO2)c1cccc(Cl)c1. The third kappa shape index (κ3) is 3.85. The van der Waals surface area contributed by atoms with E-state index in [1.165, 1.54) is 6.08 Å². The number of ether oxygens (including phenoxy) is 2. The van der Waals surface area contributed by atoms with E-state index in [4.69, 9.17) is 21.1 Å². The maximum Gasteiger partial charge on any atom is 0.244 e. The van der Waals surface area contributed by atoms with Gasteiger partial charge in [-0.15, -0.1) is 0 Å². The molecule has 1 aliphatic heterocycles. The van der Waals surface area contributed by atoms with Crippen molar-refractivity contribution in [2.75, 3.05) is 6.79 Å². The van der Waals surface area contributed by atoms with Crippen molar-refractivity contribution in [3.05, 3.63) is 64.7 Å². The molecular weight excluding hydrogens is 314 g/mol. The largest absolute Gasteiger partial charge is 0.454 e. The number of carbonyl (C=O) groups is 1. The Morgan fingerprint density at radius 3 is 2.87 bits per heavy atom. The van der Waals surface area contributed by atoms with Gasteiger partial charge in [-0.3, -0.25) is 4.79 Å². The standard InChI is InChI=1S/C18H16ClNO3/c1-12(14-3-2-4-15(19)10-14)20-18(21)8-6-13-5-7-16-17(9-13)23-11-22-16/h2-10,12H,11H2,1H3,(H,20,21)/b8-6+/t12-/m1/s1. The molecule has 0 radical (unpaired) electrons. The number of hydrogen-bond donors (Lipinski definition) is 1. The second-order valence-corrected chi connectivity index (χ2v) is 5.67. The number of amides is 1. The van der Waals surface area contributed by atoms with Crippen molar-refractivity contribution in [2.45, 2.75) is 13.0 Å². The van der Waals surface area contributed by atoms with Gasteiger partial charge in [-0.1, -0.05) is 29.8 Å². The van der Waals surface area contributed by atoms with Crippen molar-refractivity contribution >= 4 is 23.6 Å². The van der Waals surface area contributed by atoms with Gasteiger partial charge in [0.15, 0.2) is 11.5 Å². The molecule has 0 bridgehead atoms. The summed E-state index contributed by atoms with van der Waals surface area (Å²) >= 11 is 5.96. The molecule has 23 heavy (non-hydrogen) atoms. The first-order valence-electron chi connectivity index (χ1n) is 7.25. The minimum absolute atomic E-state index is 0.123. The Morgan fingerprint density at radius 1 is 1.22 bits per heavy atom. The Bertz CT molecular complexity index is 758. The quantitative estimate of drug-likeness (QED) is 0.864. The van der Waals surface area contributed by atoms with Gasteiger partial charge in [-0.25, -0.2) is 0 Å². The molecule has 3 rings (SSSR count). The van der Waals surface area contributed by atoms with Gasteiger partial charge in [0, 0.05) is 11.1 Å². The zero-order chi connectivity index (χ0) is 16.2. The molecule has 1 aliphatic rings. The number of hydrogen-bond acceptors (Lipinski definition) is 3. The minimum Gasteiger partial charge on any atom is -0.454 e. The summed E-state index contributed by atoms with van der Waals surface area (Å²) in [6.07, 6.45) is 3.24. The Balaban J connectivity index is 1.62. The van der Waals surface area contributed by atoms with E-state index in [2.05, 4.69) is 5.32 Å². The van der Waals surface area contributed by atoms with Crippen LogP contribution in [0.4, 0.5) is 0 Å². The predicted molar refractivity (Wildman–Crippen MR) is 89.6 cm³/mol. The summed E-state index contributed by atoms with van der Waals surface area (Å²) in [5.41, 5.74) is 1.84. The summed E-state index contributed by atoms with van der Waals surface area (Å²) in [5, 5.41) is 3.56. The lowest BCUT2D eigenvalue weighted by Gasteiger charge is -2.13. The molecule has 1 N–H and O–H groups in total. The third-order valence-electron chi connectivity index (χ3n) is 3.53. The van der Waals surface area contributed by atoms with Gasteiger partial charge >= 0.3 is 0 Å². The highest BCUT2D eigenvalue weighted by molar-refractivity contribution is 6.30. The van der Waals surface area contributed by atoms with E-state index in [0.717, 1.165) is 16.9 Å². The third-order valence-corrected chi connectivity index (χ3v) is 3.77. The van der Waals surface area contributed by atoms with E-state index in [-0.39, 0.29) is 18.7 Å². The van der Waals surface area contributed by atoms with Crippen LogP contribution in [0.5, 0.6) is 11.5 Å². The fourth-order valence-electron chi connectivity index (χ4n) is 2.31. The Kier molecular flexibility index (Phi) is 4.53. The highest BCUT2D eigenvalue weighted by atomic mass is 35.5. The number of nitrogens with one attached hydrogen (secondary N) is 1. The van der Waals surface area contributed by atoms with E-state index in [9.17, 15) is 4.79 Å². The van der Waals surface area contributed by atoms with Crippen molar-refractivity contribution in [1.82, 2.24) is 5.32 Å². The van der Waals surface area contributed by atoms with Crippen molar-refractivity contribution < 1.29 is 14.3 Å². The smallest absolute Gasteiger partial charge is 0.244 e. The van der Waals surface area contributed by atoms with E-state index in [0.29, 0.717) is 10.8 Å². The van der Waals surface area contributed by atoms with Crippen LogP contribution in [0.3, 0.4) is 0 Å². The molecule has 0 fully saturated rings. The first-order chi connectivity index (χ1) is 11.1. The Morgan fingerprint density at radius 2 is 2.04 bits per heavy atom. The Hall–Kier alpha value is -2.46. The lowest BCUT2D eigenvalue weighted by atomic mass is 10.1. The summed E-state index contributed by atoms with van der Waals surface area (Å²) in [5.74, 6) is 1.25. The minimum atomic E-state index is -0.171. The number of carbonyl (C=O) groups excluding carboxylic acids is 1. The van der Waals surface area contributed by atoms with Crippen LogP contribution in [0.2, 0.25) is 5.02 Å². The number of benzene rings is 2. The molecule has 4 nitrogen and oxygen atoms in total. The van der Waals surface area contributed by atoms with Crippen molar-refractivity contribution in [3.8, 4) is 11.5 Å². The normalized spacial score (nSPS) is 14.0. The molecule has 0 saturated heterocycles. The van der Waals surface area contributed by atoms with Crippen LogP contribution in [-0.2, 0) is 4.79 Å². The van der Waals surface area contributed by atoms with Gasteiger partial charge in [-0.2, -0.15) is 0 Å². The number of fused-ring (bicyclic) bond motifs is 1. The molecule has 0 aromatic heterocycles.